The van der Waals surface area contributed by atoms with Gasteiger partial charge in [-0.15, -0.1) is 0 Å². The van der Waals surface area contributed by atoms with Crippen molar-refractivity contribution in [2.24, 2.45) is 0 Å². The Bertz CT molecular complexity index is 985. The van der Waals surface area contributed by atoms with Crippen LogP contribution >= 0.6 is 11.6 Å². The minimum absolute atomic E-state index is 0.0331. The van der Waals surface area contributed by atoms with Crippen molar-refractivity contribution in [1.82, 2.24) is 9.29 Å². The maximum absolute atomic E-state index is 13.4. The van der Waals surface area contributed by atoms with E-state index in [0.29, 0.717) is 37.4 Å². The van der Waals surface area contributed by atoms with Crippen molar-refractivity contribution in [2.75, 3.05) is 37.7 Å². The molecule has 1 saturated heterocycles. The first-order valence-electron chi connectivity index (χ1n) is 9.16. The number of carbonyl (C=O) groups is 1. The van der Waals surface area contributed by atoms with Crippen molar-refractivity contribution in [1.29, 1.82) is 0 Å². The normalized spacial score (nSPS) is 15.8. The van der Waals surface area contributed by atoms with Crippen LogP contribution in [0.5, 0.6) is 0 Å². The lowest BCUT2D eigenvalue weighted by Crippen LogP contribution is -2.35. The summed E-state index contributed by atoms with van der Waals surface area (Å²) in [7, 11) is -3.78. The number of esters is 1. The first kappa shape index (κ1) is 21.5. The van der Waals surface area contributed by atoms with E-state index in [4.69, 9.17) is 16.3 Å². The summed E-state index contributed by atoms with van der Waals surface area (Å²) in [6, 6.07) is 6.75. The Morgan fingerprint density at radius 3 is 2.66 bits per heavy atom. The maximum Gasteiger partial charge on any atom is 0.339 e. The van der Waals surface area contributed by atoms with Gasteiger partial charge in [-0.05, 0) is 43.7 Å². The second-order valence-electron chi connectivity index (χ2n) is 6.45. The van der Waals surface area contributed by atoms with Gasteiger partial charge in [0.15, 0.2) is 0 Å². The summed E-state index contributed by atoms with van der Waals surface area (Å²) in [4.78, 5) is 18.0. The fourth-order valence-corrected chi connectivity index (χ4v) is 4.80. The molecule has 0 N–H and O–H groups in total. The summed E-state index contributed by atoms with van der Waals surface area (Å²) in [5, 5.41) is -0.228. The van der Waals surface area contributed by atoms with E-state index < -0.39 is 21.8 Å². The monoisotopic (exact) mass is 441 g/mol. The highest BCUT2D eigenvalue weighted by Crippen LogP contribution is 2.24. The number of nitrogens with zero attached hydrogens (tertiary/aromatic N) is 3. The molecule has 7 nitrogen and oxygen atoms in total. The first-order valence-corrected chi connectivity index (χ1v) is 11.0. The van der Waals surface area contributed by atoms with Gasteiger partial charge >= 0.3 is 5.97 Å². The van der Waals surface area contributed by atoms with Crippen LogP contribution in [0.2, 0.25) is 5.02 Å². The molecule has 1 aliphatic heterocycles. The van der Waals surface area contributed by atoms with E-state index in [1.54, 1.807) is 19.1 Å². The molecule has 1 aromatic heterocycles. The van der Waals surface area contributed by atoms with Crippen molar-refractivity contribution in [2.45, 2.75) is 18.2 Å². The largest absolute Gasteiger partial charge is 0.462 e. The summed E-state index contributed by atoms with van der Waals surface area (Å²) in [6.07, 6.45) is 2.04. The van der Waals surface area contributed by atoms with Crippen LogP contribution in [-0.2, 0) is 14.8 Å². The van der Waals surface area contributed by atoms with Gasteiger partial charge in [-0.25, -0.2) is 22.6 Å². The Labute approximate surface area is 174 Å². The zero-order valence-corrected chi connectivity index (χ0v) is 17.4. The quantitative estimate of drug-likeness (QED) is 0.664. The molecule has 0 amide bonds. The highest BCUT2D eigenvalue weighted by atomic mass is 35.5. The molecule has 1 aliphatic rings. The Balaban J connectivity index is 1.71. The smallest absolute Gasteiger partial charge is 0.339 e. The molecule has 0 aliphatic carbocycles. The van der Waals surface area contributed by atoms with Crippen LogP contribution in [0.15, 0.2) is 41.4 Å². The summed E-state index contributed by atoms with van der Waals surface area (Å²) < 4.78 is 45.5. The SMILES string of the molecule is CCOC(=O)c1ccc(N2CCCN(S(=O)(=O)c3ccc(F)c(Cl)c3)CC2)nc1. The second kappa shape index (κ2) is 9.06. The lowest BCUT2D eigenvalue weighted by Gasteiger charge is -2.22. The number of carbonyl (C=O) groups excluding carboxylic acids is 1. The molecule has 1 aromatic carbocycles. The highest BCUT2D eigenvalue weighted by Gasteiger charge is 2.28. The molecule has 2 aromatic rings. The molecule has 0 spiro atoms. The van der Waals surface area contributed by atoms with Crippen LogP contribution < -0.4 is 4.90 Å². The van der Waals surface area contributed by atoms with E-state index in [0.717, 1.165) is 12.1 Å². The summed E-state index contributed by atoms with van der Waals surface area (Å²) >= 11 is 5.74. The van der Waals surface area contributed by atoms with E-state index in [1.165, 1.54) is 16.6 Å². The molecule has 0 bridgehead atoms. The third-order valence-electron chi connectivity index (χ3n) is 4.57. The molecule has 0 radical (unpaired) electrons. The van der Waals surface area contributed by atoms with Gasteiger partial charge in [0.05, 0.1) is 22.1 Å². The van der Waals surface area contributed by atoms with Gasteiger partial charge in [0.1, 0.15) is 11.6 Å². The summed E-state index contributed by atoms with van der Waals surface area (Å²) in [5.41, 5.74) is 0.364. The van der Waals surface area contributed by atoms with Gasteiger partial charge in [0.2, 0.25) is 10.0 Å². The Morgan fingerprint density at radius 1 is 1.21 bits per heavy atom. The van der Waals surface area contributed by atoms with Crippen LogP contribution in [0, 0.1) is 5.82 Å². The Morgan fingerprint density at radius 2 is 2.00 bits per heavy atom. The van der Waals surface area contributed by atoms with Crippen LogP contribution in [0.25, 0.3) is 0 Å². The van der Waals surface area contributed by atoms with Crippen LogP contribution in [0.3, 0.4) is 0 Å². The second-order valence-corrected chi connectivity index (χ2v) is 8.79. The van der Waals surface area contributed by atoms with E-state index in [9.17, 15) is 17.6 Å². The van der Waals surface area contributed by atoms with Gasteiger partial charge in [0, 0.05) is 32.4 Å². The van der Waals surface area contributed by atoms with E-state index >= 15 is 0 Å². The van der Waals surface area contributed by atoms with E-state index in [-0.39, 0.29) is 23.1 Å². The van der Waals surface area contributed by atoms with Crippen molar-refractivity contribution in [3.8, 4) is 0 Å². The number of anilines is 1. The first-order chi connectivity index (χ1) is 13.8. The Hall–Kier alpha value is -2.23. The molecule has 0 unspecified atom stereocenters. The molecule has 1 fully saturated rings. The number of hydrogen-bond donors (Lipinski definition) is 0. The number of ether oxygens (including phenoxy) is 1. The number of halogens is 2. The molecule has 0 atom stereocenters. The number of aromatic nitrogens is 1. The molecule has 0 saturated carbocycles. The number of pyridine rings is 1. The number of sulfonamides is 1. The zero-order valence-electron chi connectivity index (χ0n) is 15.8. The third-order valence-corrected chi connectivity index (χ3v) is 6.75. The Kier molecular flexibility index (Phi) is 6.71. The standard InChI is InChI=1S/C19H21ClFN3O4S/c1-2-28-19(25)14-4-7-18(22-13-14)23-8-3-9-24(11-10-23)29(26,27)15-5-6-17(21)16(20)12-15/h4-7,12-13H,2-3,8-11H2,1H3. The fraction of sp³-hybridized carbons (Fsp3) is 0.368. The zero-order chi connectivity index (χ0) is 21.0. The van der Waals surface area contributed by atoms with Gasteiger partial charge in [-0.1, -0.05) is 11.6 Å². The summed E-state index contributed by atoms with van der Waals surface area (Å²) in [6.45, 7) is 3.64. The molecular formula is C19H21ClFN3O4S. The maximum atomic E-state index is 13.4. The lowest BCUT2D eigenvalue weighted by atomic mass is 10.2. The van der Waals surface area contributed by atoms with Gasteiger partial charge in [0.25, 0.3) is 0 Å². The average molecular weight is 442 g/mol. The number of hydrogen-bond acceptors (Lipinski definition) is 6. The molecule has 29 heavy (non-hydrogen) atoms. The van der Waals surface area contributed by atoms with Gasteiger partial charge in [-0.3, -0.25) is 0 Å². The topological polar surface area (TPSA) is 79.8 Å². The number of rotatable bonds is 5. The van der Waals surface area contributed by atoms with Crippen LogP contribution in [0.4, 0.5) is 10.2 Å². The summed E-state index contributed by atoms with van der Waals surface area (Å²) in [5.74, 6) is -0.440. The van der Waals surface area contributed by atoms with Crippen LogP contribution in [0.1, 0.15) is 23.7 Å². The average Bonchev–Trinajstić information content (AvgIpc) is 2.97. The fourth-order valence-electron chi connectivity index (χ4n) is 3.06. The molecule has 3 rings (SSSR count). The third kappa shape index (κ3) is 4.85. The molecule has 10 heteroatoms. The van der Waals surface area contributed by atoms with Crippen molar-refractivity contribution in [3.63, 3.8) is 0 Å². The predicted molar refractivity (Wildman–Crippen MR) is 107 cm³/mol. The van der Waals surface area contributed by atoms with E-state index in [1.807, 2.05) is 4.90 Å². The highest BCUT2D eigenvalue weighted by molar-refractivity contribution is 7.89. The minimum atomic E-state index is -3.78. The number of benzene rings is 1. The van der Waals surface area contributed by atoms with Crippen molar-refractivity contribution >= 4 is 33.4 Å². The van der Waals surface area contributed by atoms with Crippen LogP contribution in [-0.4, -0.2) is 56.5 Å². The van der Waals surface area contributed by atoms with Crippen molar-refractivity contribution < 1.29 is 22.3 Å². The van der Waals surface area contributed by atoms with E-state index in [2.05, 4.69) is 4.98 Å². The molecular weight excluding hydrogens is 421 g/mol. The predicted octanol–water partition coefficient (Wildman–Crippen LogP) is 2.95. The van der Waals surface area contributed by atoms with Gasteiger partial charge in [-0.2, -0.15) is 4.31 Å². The molecule has 156 valence electrons. The van der Waals surface area contributed by atoms with Crippen molar-refractivity contribution in [3.05, 3.63) is 52.9 Å². The lowest BCUT2D eigenvalue weighted by molar-refractivity contribution is 0.0526. The molecule has 2 heterocycles. The van der Waals surface area contributed by atoms with Gasteiger partial charge < -0.3 is 9.64 Å². The minimum Gasteiger partial charge on any atom is -0.462 e.